The zero-order valence-corrected chi connectivity index (χ0v) is 9.09. The molecule has 0 atom stereocenters. The molecule has 2 aromatic rings. The predicted octanol–water partition coefficient (Wildman–Crippen LogP) is -0.181. The maximum Gasteiger partial charge on any atom is 0.247 e. The van der Waals surface area contributed by atoms with E-state index in [1.165, 1.54) is 6.33 Å². The second-order valence-corrected chi connectivity index (χ2v) is 4.03. The van der Waals surface area contributed by atoms with Gasteiger partial charge in [0.1, 0.15) is 11.9 Å². The molecule has 0 aliphatic carbocycles. The smallest absolute Gasteiger partial charge is 0.247 e. The Bertz CT molecular complexity index is 487. The molecule has 1 saturated heterocycles. The zero-order chi connectivity index (χ0) is 11.7. The number of hydrogen-bond acceptors (Lipinski definition) is 7. The van der Waals surface area contributed by atoms with Crippen LogP contribution in [0.15, 0.2) is 10.9 Å². The van der Waals surface area contributed by atoms with Gasteiger partial charge in [-0.05, 0) is 12.8 Å². The Balaban J connectivity index is 1.89. The van der Waals surface area contributed by atoms with Gasteiger partial charge in [-0.1, -0.05) is 5.16 Å². The molecule has 3 rings (SSSR count). The van der Waals surface area contributed by atoms with Crippen LogP contribution in [0.25, 0.3) is 11.6 Å². The Morgan fingerprint density at radius 2 is 2.18 bits per heavy atom. The van der Waals surface area contributed by atoms with E-state index in [4.69, 9.17) is 15.0 Å². The van der Waals surface area contributed by atoms with Gasteiger partial charge in [-0.2, -0.15) is 10.1 Å². The molecule has 2 aromatic heterocycles. The van der Waals surface area contributed by atoms with Crippen molar-refractivity contribution in [2.24, 2.45) is 5.73 Å². The van der Waals surface area contributed by atoms with Gasteiger partial charge in [0.25, 0.3) is 0 Å². The number of hydrogen-bond donors (Lipinski definition) is 2. The van der Waals surface area contributed by atoms with Crippen molar-refractivity contribution in [3.8, 4) is 11.6 Å². The van der Waals surface area contributed by atoms with Crippen molar-refractivity contribution in [2.75, 3.05) is 13.2 Å². The van der Waals surface area contributed by atoms with Crippen molar-refractivity contribution >= 4 is 0 Å². The number of aromatic nitrogens is 5. The van der Waals surface area contributed by atoms with Crippen LogP contribution in [-0.2, 0) is 10.3 Å². The van der Waals surface area contributed by atoms with Crippen molar-refractivity contribution in [1.29, 1.82) is 0 Å². The lowest BCUT2D eigenvalue weighted by molar-refractivity contribution is 0.0400. The second-order valence-electron chi connectivity index (χ2n) is 4.03. The molecule has 8 heteroatoms. The maximum absolute atomic E-state index is 6.22. The molecule has 0 unspecified atom stereocenters. The van der Waals surface area contributed by atoms with Crippen LogP contribution in [0.3, 0.4) is 0 Å². The van der Waals surface area contributed by atoms with Gasteiger partial charge >= 0.3 is 0 Å². The fourth-order valence-electron chi connectivity index (χ4n) is 1.78. The highest BCUT2D eigenvalue weighted by molar-refractivity contribution is 5.40. The molecule has 3 N–H and O–H groups in total. The minimum atomic E-state index is -0.594. The Morgan fingerprint density at radius 1 is 1.35 bits per heavy atom. The molecule has 8 nitrogen and oxygen atoms in total. The standard InChI is InChI=1S/C9H12N6O2/c10-9(1-3-16-4-2-9)8-13-7(15-17-8)6-11-5-12-14-6/h5H,1-4,10H2,(H,11,12,14). The predicted molar refractivity (Wildman–Crippen MR) is 55.6 cm³/mol. The summed E-state index contributed by atoms with van der Waals surface area (Å²) in [6.07, 6.45) is 2.73. The molecule has 1 fully saturated rings. The fourth-order valence-corrected chi connectivity index (χ4v) is 1.78. The highest BCUT2D eigenvalue weighted by Crippen LogP contribution is 2.28. The average molecular weight is 236 g/mol. The zero-order valence-electron chi connectivity index (χ0n) is 9.09. The van der Waals surface area contributed by atoms with E-state index in [9.17, 15) is 0 Å². The van der Waals surface area contributed by atoms with Gasteiger partial charge in [0, 0.05) is 13.2 Å². The van der Waals surface area contributed by atoms with E-state index in [-0.39, 0.29) is 0 Å². The summed E-state index contributed by atoms with van der Waals surface area (Å²) in [5, 5.41) is 10.2. The summed E-state index contributed by atoms with van der Waals surface area (Å²) in [4.78, 5) is 8.21. The highest BCUT2D eigenvalue weighted by Gasteiger charge is 2.36. The first kappa shape index (κ1) is 10.4. The molecule has 90 valence electrons. The third-order valence-electron chi connectivity index (χ3n) is 2.86. The molecule has 1 aliphatic heterocycles. The molecule has 0 amide bonds. The van der Waals surface area contributed by atoms with Crippen molar-refractivity contribution in [2.45, 2.75) is 18.4 Å². The van der Waals surface area contributed by atoms with Crippen LogP contribution in [-0.4, -0.2) is 38.5 Å². The van der Waals surface area contributed by atoms with Gasteiger partial charge in [0.15, 0.2) is 5.82 Å². The molecule has 1 aliphatic rings. The van der Waals surface area contributed by atoms with Gasteiger partial charge in [-0.15, -0.1) is 0 Å². The summed E-state index contributed by atoms with van der Waals surface area (Å²) < 4.78 is 10.5. The molecule has 0 spiro atoms. The first-order valence-electron chi connectivity index (χ1n) is 5.34. The molecule has 0 saturated carbocycles. The van der Waals surface area contributed by atoms with Crippen LogP contribution in [0.4, 0.5) is 0 Å². The minimum Gasteiger partial charge on any atom is -0.381 e. The number of H-pyrrole nitrogens is 1. The van der Waals surface area contributed by atoms with Gasteiger partial charge in [0.05, 0.1) is 0 Å². The third kappa shape index (κ3) is 1.81. The summed E-state index contributed by atoms with van der Waals surface area (Å²) >= 11 is 0. The number of aromatic amines is 1. The summed E-state index contributed by atoms with van der Waals surface area (Å²) in [6, 6.07) is 0. The van der Waals surface area contributed by atoms with E-state index in [0.29, 0.717) is 43.6 Å². The molecule has 17 heavy (non-hydrogen) atoms. The molecule has 3 heterocycles. The Hall–Kier alpha value is -1.80. The quantitative estimate of drug-likeness (QED) is 0.742. The topological polar surface area (TPSA) is 116 Å². The second kappa shape index (κ2) is 3.90. The molecule has 0 radical (unpaired) electrons. The number of nitrogens with zero attached hydrogens (tertiary/aromatic N) is 4. The monoisotopic (exact) mass is 236 g/mol. The Labute approximate surface area is 96.6 Å². The SMILES string of the molecule is NC1(c2nc(-c3ncn[nH]3)no2)CCOCC1. The first-order valence-corrected chi connectivity index (χ1v) is 5.34. The first-order chi connectivity index (χ1) is 8.28. The Morgan fingerprint density at radius 3 is 2.88 bits per heavy atom. The van der Waals surface area contributed by atoms with E-state index >= 15 is 0 Å². The van der Waals surface area contributed by atoms with E-state index < -0.39 is 5.54 Å². The van der Waals surface area contributed by atoms with E-state index in [1.54, 1.807) is 0 Å². The van der Waals surface area contributed by atoms with Gasteiger partial charge in [0.2, 0.25) is 11.7 Å². The molecular formula is C9H12N6O2. The fraction of sp³-hybridized carbons (Fsp3) is 0.556. The summed E-state index contributed by atoms with van der Waals surface area (Å²) in [6.45, 7) is 1.22. The van der Waals surface area contributed by atoms with Crippen molar-refractivity contribution in [3.05, 3.63) is 12.2 Å². The van der Waals surface area contributed by atoms with Crippen molar-refractivity contribution in [1.82, 2.24) is 25.3 Å². The lowest BCUT2D eigenvalue weighted by atomic mass is 9.91. The van der Waals surface area contributed by atoms with Crippen LogP contribution >= 0.6 is 0 Å². The number of rotatable bonds is 2. The number of ether oxygens (including phenoxy) is 1. The lowest BCUT2D eigenvalue weighted by Crippen LogP contribution is -2.42. The summed E-state index contributed by atoms with van der Waals surface area (Å²) in [5.41, 5.74) is 5.63. The van der Waals surface area contributed by atoms with Gasteiger partial charge in [-0.25, -0.2) is 4.98 Å². The highest BCUT2D eigenvalue weighted by atomic mass is 16.5. The molecule has 0 bridgehead atoms. The van der Waals surface area contributed by atoms with Crippen LogP contribution in [0.5, 0.6) is 0 Å². The lowest BCUT2D eigenvalue weighted by Gasteiger charge is -2.29. The van der Waals surface area contributed by atoms with Gasteiger partial charge in [-0.3, -0.25) is 5.10 Å². The number of nitrogens with one attached hydrogen (secondary N) is 1. The van der Waals surface area contributed by atoms with Crippen molar-refractivity contribution < 1.29 is 9.26 Å². The molecular weight excluding hydrogens is 224 g/mol. The van der Waals surface area contributed by atoms with Crippen LogP contribution in [0.1, 0.15) is 18.7 Å². The van der Waals surface area contributed by atoms with E-state index in [0.717, 1.165) is 0 Å². The van der Waals surface area contributed by atoms with Crippen LogP contribution in [0.2, 0.25) is 0 Å². The minimum absolute atomic E-state index is 0.369. The van der Waals surface area contributed by atoms with Crippen LogP contribution < -0.4 is 5.73 Å². The van der Waals surface area contributed by atoms with E-state index in [1.807, 2.05) is 0 Å². The van der Waals surface area contributed by atoms with E-state index in [2.05, 4.69) is 25.3 Å². The largest absolute Gasteiger partial charge is 0.381 e. The third-order valence-corrected chi connectivity index (χ3v) is 2.86. The normalized spacial score (nSPS) is 19.4. The van der Waals surface area contributed by atoms with Crippen LogP contribution in [0, 0.1) is 0 Å². The van der Waals surface area contributed by atoms with Crippen molar-refractivity contribution in [3.63, 3.8) is 0 Å². The Kier molecular flexibility index (Phi) is 2.37. The summed E-state index contributed by atoms with van der Waals surface area (Å²) in [5.74, 6) is 1.26. The summed E-state index contributed by atoms with van der Waals surface area (Å²) in [7, 11) is 0. The maximum atomic E-state index is 6.22. The van der Waals surface area contributed by atoms with Gasteiger partial charge < -0.3 is 15.0 Å². The number of nitrogens with two attached hydrogens (primary N) is 1. The average Bonchev–Trinajstić information content (AvgIpc) is 3.01. The molecule has 0 aromatic carbocycles.